The molecule has 0 radical (unpaired) electrons. The Kier molecular flexibility index (Phi) is 12.2. The number of nitrogens with zero attached hydrogens (tertiary/aromatic N) is 1. The predicted octanol–water partition coefficient (Wildman–Crippen LogP) is 3.43. The number of hydrogen-bond donors (Lipinski definition) is 2. The van der Waals surface area contributed by atoms with Crippen molar-refractivity contribution >= 4 is 29.9 Å². The van der Waals surface area contributed by atoms with Crippen LogP contribution in [0.3, 0.4) is 0 Å². The normalized spacial score (nSPS) is 10.9. The quantitative estimate of drug-likeness (QED) is 0.333. The van der Waals surface area contributed by atoms with E-state index in [4.69, 9.17) is 14.2 Å². The SMILES string of the molecule is CCNC(=NCc1cc(OC)c(OC)cc1OC)NCCC(C)C.I. The lowest BCUT2D eigenvalue weighted by Crippen LogP contribution is -2.38. The van der Waals surface area contributed by atoms with Crippen molar-refractivity contribution in [3.8, 4) is 17.2 Å². The van der Waals surface area contributed by atoms with Crippen molar-refractivity contribution in [2.45, 2.75) is 33.7 Å². The summed E-state index contributed by atoms with van der Waals surface area (Å²) < 4.78 is 16.1. The van der Waals surface area contributed by atoms with E-state index >= 15 is 0 Å². The van der Waals surface area contributed by atoms with E-state index in [-0.39, 0.29) is 24.0 Å². The van der Waals surface area contributed by atoms with Crippen molar-refractivity contribution in [2.24, 2.45) is 10.9 Å². The Hall–Kier alpha value is -1.38. The Morgan fingerprint density at radius 3 is 2.12 bits per heavy atom. The van der Waals surface area contributed by atoms with Crippen LogP contribution in [-0.4, -0.2) is 40.4 Å². The maximum atomic E-state index is 5.45. The molecule has 1 aromatic rings. The number of aliphatic imine (C=N–C) groups is 1. The van der Waals surface area contributed by atoms with E-state index in [1.165, 1.54) is 0 Å². The summed E-state index contributed by atoms with van der Waals surface area (Å²) in [6.07, 6.45) is 1.10. The largest absolute Gasteiger partial charge is 0.496 e. The molecule has 0 fully saturated rings. The summed E-state index contributed by atoms with van der Waals surface area (Å²) in [5, 5.41) is 6.61. The van der Waals surface area contributed by atoms with Crippen molar-refractivity contribution in [3.05, 3.63) is 17.7 Å². The van der Waals surface area contributed by atoms with Crippen molar-refractivity contribution in [2.75, 3.05) is 34.4 Å². The monoisotopic (exact) mass is 465 g/mol. The number of hydrogen-bond acceptors (Lipinski definition) is 4. The molecule has 0 saturated heterocycles. The van der Waals surface area contributed by atoms with E-state index in [1.807, 2.05) is 12.1 Å². The Labute approximate surface area is 168 Å². The van der Waals surface area contributed by atoms with Gasteiger partial charge in [-0.15, -0.1) is 24.0 Å². The van der Waals surface area contributed by atoms with Crippen molar-refractivity contribution in [3.63, 3.8) is 0 Å². The van der Waals surface area contributed by atoms with Crippen molar-refractivity contribution in [1.82, 2.24) is 10.6 Å². The Morgan fingerprint density at radius 1 is 1.00 bits per heavy atom. The van der Waals surface area contributed by atoms with Gasteiger partial charge in [0.1, 0.15) is 5.75 Å². The fourth-order valence-electron chi connectivity index (χ4n) is 2.20. The van der Waals surface area contributed by atoms with Crippen LogP contribution in [0.5, 0.6) is 17.2 Å². The summed E-state index contributed by atoms with van der Waals surface area (Å²) >= 11 is 0. The highest BCUT2D eigenvalue weighted by molar-refractivity contribution is 14.0. The summed E-state index contributed by atoms with van der Waals surface area (Å²) in [5.74, 6) is 3.50. The Bertz CT molecular complexity index is 537. The lowest BCUT2D eigenvalue weighted by molar-refractivity contribution is 0.347. The fourth-order valence-corrected chi connectivity index (χ4v) is 2.20. The van der Waals surface area contributed by atoms with Crippen LogP contribution in [-0.2, 0) is 6.54 Å². The maximum absolute atomic E-state index is 5.45. The number of guanidine groups is 1. The molecule has 0 aliphatic heterocycles. The smallest absolute Gasteiger partial charge is 0.191 e. The molecule has 0 amide bonds. The third-order valence-electron chi connectivity index (χ3n) is 3.55. The molecule has 0 heterocycles. The molecule has 1 rings (SSSR count). The summed E-state index contributed by atoms with van der Waals surface area (Å²) in [7, 11) is 4.87. The van der Waals surface area contributed by atoms with Gasteiger partial charge in [0.05, 0.1) is 27.9 Å². The van der Waals surface area contributed by atoms with Gasteiger partial charge in [0.2, 0.25) is 0 Å². The predicted molar refractivity (Wildman–Crippen MR) is 114 cm³/mol. The van der Waals surface area contributed by atoms with Crippen LogP contribution >= 0.6 is 24.0 Å². The standard InChI is InChI=1S/C18H31N3O3.HI/c1-7-19-18(20-9-8-13(2)3)21-12-14-10-16(23-5)17(24-6)11-15(14)22-4;/h10-11,13H,7-9,12H2,1-6H3,(H2,19,20,21);1H. The molecule has 25 heavy (non-hydrogen) atoms. The average molecular weight is 465 g/mol. The molecule has 6 nitrogen and oxygen atoms in total. The van der Waals surface area contributed by atoms with Gasteiger partial charge in [-0.2, -0.15) is 0 Å². The number of benzene rings is 1. The third kappa shape index (κ3) is 8.02. The van der Waals surface area contributed by atoms with Crippen LogP contribution in [0.15, 0.2) is 17.1 Å². The topological polar surface area (TPSA) is 64.1 Å². The van der Waals surface area contributed by atoms with E-state index < -0.39 is 0 Å². The molecule has 2 N–H and O–H groups in total. The average Bonchev–Trinajstić information content (AvgIpc) is 2.58. The summed E-state index contributed by atoms with van der Waals surface area (Å²) in [6.45, 7) is 8.67. The van der Waals surface area contributed by atoms with Crippen LogP contribution < -0.4 is 24.8 Å². The fraction of sp³-hybridized carbons (Fsp3) is 0.611. The summed E-state index contributed by atoms with van der Waals surface area (Å²) in [6, 6.07) is 3.72. The minimum Gasteiger partial charge on any atom is -0.496 e. The first kappa shape index (κ1) is 23.6. The highest BCUT2D eigenvalue weighted by Gasteiger charge is 2.11. The van der Waals surface area contributed by atoms with Gasteiger partial charge in [0.25, 0.3) is 0 Å². The zero-order chi connectivity index (χ0) is 17.9. The van der Waals surface area contributed by atoms with Gasteiger partial charge in [-0.05, 0) is 25.3 Å². The van der Waals surface area contributed by atoms with Crippen LogP contribution in [0.25, 0.3) is 0 Å². The number of halogens is 1. The van der Waals surface area contributed by atoms with Crippen molar-refractivity contribution in [1.29, 1.82) is 0 Å². The van der Waals surface area contributed by atoms with Gasteiger partial charge >= 0.3 is 0 Å². The van der Waals surface area contributed by atoms with E-state index in [1.54, 1.807) is 21.3 Å². The highest BCUT2D eigenvalue weighted by atomic mass is 127. The summed E-state index contributed by atoms with van der Waals surface area (Å²) in [4.78, 5) is 4.64. The molecule has 0 aliphatic carbocycles. The van der Waals surface area contributed by atoms with E-state index in [0.29, 0.717) is 24.0 Å². The Morgan fingerprint density at radius 2 is 1.60 bits per heavy atom. The van der Waals surface area contributed by atoms with Crippen molar-refractivity contribution < 1.29 is 14.2 Å². The molecule has 144 valence electrons. The molecule has 0 spiro atoms. The van der Waals surface area contributed by atoms with Crippen LogP contribution in [0.2, 0.25) is 0 Å². The molecule has 0 atom stereocenters. The second-order valence-corrected chi connectivity index (χ2v) is 5.82. The van der Waals surface area contributed by atoms with E-state index in [0.717, 1.165) is 36.8 Å². The molecule has 0 unspecified atom stereocenters. The first-order valence-corrected chi connectivity index (χ1v) is 8.36. The molecule has 0 bridgehead atoms. The van der Waals surface area contributed by atoms with Gasteiger partial charge in [0, 0.05) is 24.7 Å². The first-order chi connectivity index (χ1) is 11.5. The lowest BCUT2D eigenvalue weighted by atomic mass is 10.1. The minimum absolute atomic E-state index is 0. The van der Waals surface area contributed by atoms with Crippen LogP contribution in [0.4, 0.5) is 0 Å². The molecule has 0 aliphatic rings. The van der Waals surface area contributed by atoms with Gasteiger partial charge in [-0.1, -0.05) is 13.8 Å². The molecule has 0 saturated carbocycles. The van der Waals surface area contributed by atoms with E-state index in [2.05, 4.69) is 36.4 Å². The molecule has 7 heteroatoms. The first-order valence-electron chi connectivity index (χ1n) is 8.36. The molecule has 1 aromatic carbocycles. The van der Waals surface area contributed by atoms with Crippen LogP contribution in [0, 0.1) is 5.92 Å². The van der Waals surface area contributed by atoms with Crippen LogP contribution in [0.1, 0.15) is 32.8 Å². The molecule has 0 aromatic heterocycles. The molecular formula is C18H32IN3O3. The van der Waals surface area contributed by atoms with Gasteiger partial charge < -0.3 is 24.8 Å². The molecular weight excluding hydrogens is 433 g/mol. The van der Waals surface area contributed by atoms with E-state index in [9.17, 15) is 0 Å². The second kappa shape index (κ2) is 12.9. The number of methoxy groups -OCH3 is 3. The number of rotatable bonds is 9. The zero-order valence-corrected chi connectivity index (χ0v) is 18.5. The summed E-state index contributed by atoms with van der Waals surface area (Å²) in [5.41, 5.74) is 0.941. The lowest BCUT2D eigenvalue weighted by Gasteiger charge is -2.15. The van der Waals surface area contributed by atoms with Gasteiger partial charge in [-0.3, -0.25) is 0 Å². The third-order valence-corrected chi connectivity index (χ3v) is 3.55. The van der Waals surface area contributed by atoms with Gasteiger partial charge in [0.15, 0.2) is 17.5 Å². The highest BCUT2D eigenvalue weighted by Crippen LogP contribution is 2.34. The maximum Gasteiger partial charge on any atom is 0.191 e. The zero-order valence-electron chi connectivity index (χ0n) is 16.1. The number of ether oxygens (including phenoxy) is 3. The Balaban J connectivity index is 0.00000576. The minimum atomic E-state index is 0. The second-order valence-electron chi connectivity index (χ2n) is 5.82. The van der Waals surface area contributed by atoms with Gasteiger partial charge in [-0.25, -0.2) is 4.99 Å². The number of nitrogens with one attached hydrogen (secondary N) is 2.